The third-order valence-electron chi connectivity index (χ3n) is 4.84. The van der Waals surface area contributed by atoms with E-state index < -0.39 is 0 Å². The summed E-state index contributed by atoms with van der Waals surface area (Å²) < 4.78 is 12.6. The molecule has 0 saturated carbocycles. The van der Waals surface area contributed by atoms with Crippen molar-refractivity contribution in [2.24, 2.45) is 4.99 Å². The molecule has 7 heteroatoms. The molecule has 3 rings (SSSR count). The summed E-state index contributed by atoms with van der Waals surface area (Å²) >= 11 is 0. The summed E-state index contributed by atoms with van der Waals surface area (Å²) in [6.45, 7) is 6.50. The topological polar surface area (TPSA) is 72.7 Å². The smallest absolute Gasteiger partial charge is 0.191 e. The second-order valence-corrected chi connectivity index (χ2v) is 7.23. The number of para-hydroxylation sites is 1. The van der Waals surface area contributed by atoms with Crippen molar-refractivity contribution in [2.45, 2.75) is 26.9 Å². The number of guanidine groups is 1. The van der Waals surface area contributed by atoms with Crippen molar-refractivity contribution in [1.82, 2.24) is 20.4 Å². The number of aryl methyl sites for hydroxylation is 2. The van der Waals surface area contributed by atoms with Crippen LogP contribution in [0.25, 0.3) is 5.69 Å². The summed E-state index contributed by atoms with van der Waals surface area (Å²) in [5.41, 5.74) is 5.48. The van der Waals surface area contributed by atoms with Gasteiger partial charge in [-0.05, 0) is 49.2 Å². The standard InChI is InChI=1S/C24H31N5O2/c1-18-15-19(2)29(28-18)23-8-6-5-7-21(23)17-27-24(25-3)26-16-20-9-11-22(12-10-20)31-14-13-30-4/h5-12,15H,13-14,16-17H2,1-4H3,(H2,25,26,27). The molecule has 0 aliphatic heterocycles. The quantitative estimate of drug-likeness (QED) is 0.315. The van der Waals surface area contributed by atoms with Crippen molar-refractivity contribution in [3.63, 3.8) is 0 Å². The molecule has 7 nitrogen and oxygen atoms in total. The molecule has 31 heavy (non-hydrogen) atoms. The van der Waals surface area contributed by atoms with E-state index in [4.69, 9.17) is 9.47 Å². The van der Waals surface area contributed by atoms with E-state index in [0.29, 0.717) is 26.3 Å². The molecule has 0 atom stereocenters. The lowest BCUT2D eigenvalue weighted by atomic mass is 10.1. The van der Waals surface area contributed by atoms with E-state index >= 15 is 0 Å². The first-order valence-corrected chi connectivity index (χ1v) is 10.4. The molecule has 0 unspecified atom stereocenters. The second-order valence-electron chi connectivity index (χ2n) is 7.23. The zero-order valence-corrected chi connectivity index (χ0v) is 18.7. The lowest BCUT2D eigenvalue weighted by molar-refractivity contribution is 0.146. The summed E-state index contributed by atoms with van der Waals surface area (Å²) in [4.78, 5) is 4.34. The van der Waals surface area contributed by atoms with Gasteiger partial charge < -0.3 is 20.1 Å². The van der Waals surface area contributed by atoms with E-state index in [1.807, 2.05) is 48.0 Å². The van der Waals surface area contributed by atoms with Crippen LogP contribution in [0.2, 0.25) is 0 Å². The van der Waals surface area contributed by atoms with Crippen molar-refractivity contribution in [3.05, 3.63) is 77.1 Å². The highest BCUT2D eigenvalue weighted by Gasteiger charge is 2.09. The fourth-order valence-electron chi connectivity index (χ4n) is 3.27. The number of rotatable bonds is 9. The largest absolute Gasteiger partial charge is 0.491 e. The Balaban J connectivity index is 1.56. The highest BCUT2D eigenvalue weighted by atomic mass is 16.5. The molecule has 0 aliphatic carbocycles. The van der Waals surface area contributed by atoms with Crippen molar-refractivity contribution in [1.29, 1.82) is 0 Å². The van der Waals surface area contributed by atoms with Crippen molar-refractivity contribution in [2.75, 3.05) is 27.4 Å². The molecule has 1 heterocycles. The fourth-order valence-corrected chi connectivity index (χ4v) is 3.27. The van der Waals surface area contributed by atoms with Crippen molar-refractivity contribution < 1.29 is 9.47 Å². The Morgan fingerprint density at radius 3 is 2.42 bits per heavy atom. The first kappa shape index (κ1) is 22.4. The molecule has 2 N–H and O–H groups in total. The predicted octanol–water partition coefficient (Wildman–Crippen LogP) is 3.38. The SMILES string of the molecule is CN=C(NCc1ccc(OCCOC)cc1)NCc1ccccc1-n1nc(C)cc1C. The summed E-state index contributed by atoms with van der Waals surface area (Å²) in [6, 6.07) is 18.4. The van der Waals surface area contributed by atoms with Gasteiger partial charge in [0.2, 0.25) is 0 Å². The molecule has 0 aliphatic rings. The van der Waals surface area contributed by atoms with Gasteiger partial charge in [0.15, 0.2) is 5.96 Å². The summed E-state index contributed by atoms with van der Waals surface area (Å²) in [7, 11) is 3.44. The summed E-state index contributed by atoms with van der Waals surface area (Å²) in [5, 5.41) is 11.4. The van der Waals surface area contributed by atoms with Crippen LogP contribution in [0.15, 0.2) is 59.6 Å². The van der Waals surface area contributed by atoms with Crippen LogP contribution < -0.4 is 15.4 Å². The van der Waals surface area contributed by atoms with Crippen LogP contribution in [0.1, 0.15) is 22.5 Å². The van der Waals surface area contributed by atoms with E-state index in [1.165, 1.54) is 0 Å². The van der Waals surface area contributed by atoms with E-state index in [9.17, 15) is 0 Å². The maximum absolute atomic E-state index is 5.60. The number of hydrogen-bond donors (Lipinski definition) is 2. The monoisotopic (exact) mass is 421 g/mol. The maximum Gasteiger partial charge on any atom is 0.191 e. The van der Waals surface area contributed by atoms with Crippen LogP contribution in [0.5, 0.6) is 5.75 Å². The zero-order chi connectivity index (χ0) is 22.1. The van der Waals surface area contributed by atoms with Gasteiger partial charge >= 0.3 is 0 Å². The molecule has 0 amide bonds. The van der Waals surface area contributed by atoms with Gasteiger partial charge in [0, 0.05) is 32.9 Å². The average molecular weight is 422 g/mol. The highest BCUT2D eigenvalue weighted by molar-refractivity contribution is 5.79. The van der Waals surface area contributed by atoms with Gasteiger partial charge in [-0.2, -0.15) is 5.10 Å². The number of hydrogen-bond acceptors (Lipinski definition) is 4. The normalized spacial score (nSPS) is 11.4. The molecule has 3 aromatic rings. The minimum atomic E-state index is 0.545. The van der Waals surface area contributed by atoms with E-state index in [0.717, 1.165) is 39.9 Å². The molecule has 0 fully saturated rings. The van der Waals surface area contributed by atoms with Gasteiger partial charge in [0.1, 0.15) is 12.4 Å². The van der Waals surface area contributed by atoms with E-state index in [1.54, 1.807) is 14.2 Å². The van der Waals surface area contributed by atoms with Crippen LogP contribution in [0.4, 0.5) is 0 Å². The Labute approximate surface area is 184 Å². The van der Waals surface area contributed by atoms with Crippen LogP contribution in [0.3, 0.4) is 0 Å². The first-order valence-electron chi connectivity index (χ1n) is 10.4. The number of nitrogens with one attached hydrogen (secondary N) is 2. The Bertz CT molecular complexity index is 995. The molecule has 0 bridgehead atoms. The number of methoxy groups -OCH3 is 1. The van der Waals surface area contributed by atoms with Gasteiger partial charge in [-0.25, -0.2) is 4.68 Å². The number of aromatic nitrogens is 2. The molecule has 1 aromatic heterocycles. The van der Waals surface area contributed by atoms with Crippen molar-refractivity contribution in [3.8, 4) is 11.4 Å². The average Bonchev–Trinajstić information content (AvgIpc) is 3.13. The molecular formula is C24H31N5O2. The minimum absolute atomic E-state index is 0.545. The number of nitrogens with zero attached hydrogens (tertiary/aromatic N) is 3. The Hall–Kier alpha value is -3.32. The molecule has 0 spiro atoms. The van der Waals surface area contributed by atoms with Crippen molar-refractivity contribution >= 4 is 5.96 Å². The Kier molecular flexibility index (Phi) is 8.06. The minimum Gasteiger partial charge on any atom is -0.491 e. The number of ether oxygens (including phenoxy) is 2. The lowest BCUT2D eigenvalue weighted by Crippen LogP contribution is -2.36. The molecule has 2 aromatic carbocycles. The van der Waals surface area contributed by atoms with Crippen LogP contribution in [0, 0.1) is 13.8 Å². The third-order valence-corrected chi connectivity index (χ3v) is 4.84. The fraction of sp³-hybridized carbons (Fsp3) is 0.333. The first-order chi connectivity index (χ1) is 15.1. The van der Waals surface area contributed by atoms with Gasteiger partial charge in [-0.1, -0.05) is 30.3 Å². The molecule has 0 radical (unpaired) electrons. The number of aliphatic imine (C=N–C) groups is 1. The van der Waals surface area contributed by atoms with Gasteiger partial charge in [0.25, 0.3) is 0 Å². The Morgan fingerprint density at radius 1 is 1.00 bits per heavy atom. The summed E-state index contributed by atoms with van der Waals surface area (Å²) in [6.07, 6.45) is 0. The zero-order valence-electron chi connectivity index (χ0n) is 18.7. The third kappa shape index (κ3) is 6.33. The van der Waals surface area contributed by atoms with Gasteiger partial charge in [0.05, 0.1) is 18.0 Å². The van der Waals surface area contributed by atoms with Gasteiger partial charge in [-0.3, -0.25) is 4.99 Å². The lowest BCUT2D eigenvalue weighted by Gasteiger charge is -2.15. The number of benzene rings is 2. The maximum atomic E-state index is 5.60. The van der Waals surface area contributed by atoms with Crippen LogP contribution in [-0.4, -0.2) is 43.1 Å². The highest BCUT2D eigenvalue weighted by Crippen LogP contribution is 2.17. The molecule has 164 valence electrons. The van der Waals surface area contributed by atoms with Crippen LogP contribution >= 0.6 is 0 Å². The molecule has 0 saturated heterocycles. The predicted molar refractivity (Wildman–Crippen MR) is 124 cm³/mol. The van der Waals surface area contributed by atoms with E-state index in [2.05, 4.69) is 45.8 Å². The Morgan fingerprint density at radius 2 is 1.74 bits per heavy atom. The van der Waals surface area contributed by atoms with Gasteiger partial charge in [-0.15, -0.1) is 0 Å². The second kappa shape index (κ2) is 11.2. The van der Waals surface area contributed by atoms with E-state index in [-0.39, 0.29) is 0 Å². The van der Waals surface area contributed by atoms with Crippen LogP contribution in [-0.2, 0) is 17.8 Å². The molecular weight excluding hydrogens is 390 g/mol. The summed E-state index contributed by atoms with van der Waals surface area (Å²) in [5.74, 6) is 1.58.